The van der Waals surface area contributed by atoms with E-state index in [0.29, 0.717) is 43.8 Å². The van der Waals surface area contributed by atoms with Crippen LogP contribution in [0.2, 0.25) is 0 Å². The van der Waals surface area contributed by atoms with Crippen LogP contribution in [-0.4, -0.2) is 31.6 Å². The second kappa shape index (κ2) is 11.1. The fraction of sp³-hybridized carbons (Fsp3) is 0.407. The Hall–Kier alpha value is -3.44. The van der Waals surface area contributed by atoms with Crippen molar-refractivity contribution in [2.45, 2.75) is 71.3 Å². The fourth-order valence-corrected chi connectivity index (χ4v) is 6.91. The molecule has 3 heterocycles. The van der Waals surface area contributed by atoms with Crippen molar-refractivity contribution in [3.05, 3.63) is 62.0 Å². The molecule has 1 aliphatic carbocycles. The van der Waals surface area contributed by atoms with Crippen LogP contribution in [0.3, 0.4) is 0 Å². The largest absolute Gasteiger partial charge is 0.321 e. The van der Waals surface area contributed by atoms with Gasteiger partial charge in [0.2, 0.25) is 11.0 Å². The number of aryl methyl sites for hydroxylation is 2. The molecule has 1 unspecified atom stereocenters. The summed E-state index contributed by atoms with van der Waals surface area (Å²) in [6, 6.07) is 6.74. The first-order valence-electron chi connectivity index (χ1n) is 12.9. The summed E-state index contributed by atoms with van der Waals surface area (Å²) in [6.45, 7) is 5.51. The lowest BCUT2D eigenvalue weighted by atomic mass is 9.90. The normalized spacial score (nSPS) is 14.9. The predicted octanol–water partition coefficient (Wildman–Crippen LogP) is 5.82. The van der Waals surface area contributed by atoms with Crippen LogP contribution in [0, 0.1) is 13.8 Å². The number of carbonyl (C=O) groups excluding carboxylic acids is 2. The zero-order chi connectivity index (χ0) is 26.8. The third kappa shape index (κ3) is 5.12. The number of benzene rings is 1. The Morgan fingerprint density at radius 1 is 1.08 bits per heavy atom. The second-order valence-electron chi connectivity index (χ2n) is 9.66. The van der Waals surface area contributed by atoms with E-state index in [1.54, 1.807) is 6.92 Å². The first kappa shape index (κ1) is 26.2. The van der Waals surface area contributed by atoms with E-state index in [0.717, 1.165) is 23.4 Å². The smallest absolute Gasteiger partial charge is 0.266 e. The molecule has 2 amide bonds. The van der Waals surface area contributed by atoms with Gasteiger partial charge in [-0.15, -0.1) is 21.5 Å². The number of hydrogen-bond donors (Lipinski definition) is 2. The van der Waals surface area contributed by atoms with Gasteiger partial charge >= 0.3 is 0 Å². The predicted molar refractivity (Wildman–Crippen MR) is 151 cm³/mol. The van der Waals surface area contributed by atoms with Gasteiger partial charge in [-0.25, -0.2) is 4.98 Å². The van der Waals surface area contributed by atoms with Gasteiger partial charge in [0.25, 0.3) is 11.5 Å². The van der Waals surface area contributed by atoms with Gasteiger partial charge < -0.3 is 5.32 Å². The van der Waals surface area contributed by atoms with Crippen LogP contribution >= 0.6 is 22.7 Å². The Kier molecular flexibility index (Phi) is 7.66. The molecule has 2 N–H and O–H groups in total. The van der Waals surface area contributed by atoms with Crippen molar-refractivity contribution < 1.29 is 9.59 Å². The van der Waals surface area contributed by atoms with E-state index in [-0.39, 0.29) is 17.4 Å². The van der Waals surface area contributed by atoms with Crippen LogP contribution in [0.4, 0.5) is 10.8 Å². The van der Waals surface area contributed by atoms with Crippen molar-refractivity contribution in [1.29, 1.82) is 0 Å². The lowest BCUT2D eigenvalue weighted by molar-refractivity contribution is -0.119. The molecular formula is C27H30N6O3S2. The summed E-state index contributed by atoms with van der Waals surface area (Å²) < 4.78 is 1.35. The summed E-state index contributed by atoms with van der Waals surface area (Å²) in [4.78, 5) is 45.2. The molecule has 198 valence electrons. The summed E-state index contributed by atoms with van der Waals surface area (Å²) in [7, 11) is 0. The van der Waals surface area contributed by atoms with Gasteiger partial charge in [-0.05, 0) is 50.3 Å². The van der Waals surface area contributed by atoms with Crippen LogP contribution in [0.15, 0.2) is 35.4 Å². The molecule has 5 rings (SSSR count). The summed E-state index contributed by atoms with van der Waals surface area (Å²) >= 11 is 2.58. The molecule has 0 spiro atoms. The van der Waals surface area contributed by atoms with Crippen LogP contribution in [0.25, 0.3) is 10.2 Å². The highest BCUT2D eigenvalue weighted by molar-refractivity contribution is 7.20. The summed E-state index contributed by atoms with van der Waals surface area (Å²) in [5.41, 5.74) is 1.87. The van der Waals surface area contributed by atoms with Crippen molar-refractivity contribution in [2.24, 2.45) is 0 Å². The minimum Gasteiger partial charge on any atom is -0.321 e. The fourth-order valence-electron chi connectivity index (χ4n) is 4.96. The molecule has 0 saturated heterocycles. The first-order valence-corrected chi connectivity index (χ1v) is 14.5. The van der Waals surface area contributed by atoms with Gasteiger partial charge in [0.15, 0.2) is 0 Å². The van der Waals surface area contributed by atoms with Gasteiger partial charge in [-0.2, -0.15) is 0 Å². The maximum Gasteiger partial charge on any atom is 0.266 e. The summed E-state index contributed by atoms with van der Waals surface area (Å²) in [5, 5.41) is 16.0. The van der Waals surface area contributed by atoms with E-state index >= 15 is 0 Å². The number of nitrogens with one attached hydrogen (secondary N) is 2. The van der Waals surface area contributed by atoms with Crippen LogP contribution in [0.5, 0.6) is 0 Å². The standard InChI is InChI=1S/C27H30N6O3S2/c1-4-19(22(34)30-27-32-31-24(38-27)17-11-6-5-7-12-17)33-14-28-25-20(26(33)36)16(3)21(37-25)23(35)29-18-13-9-8-10-15(18)2/h8-10,13-14,17,19H,4-7,11-12H2,1-3H3,(H,29,35)(H,30,32,34). The zero-order valence-corrected chi connectivity index (χ0v) is 23.2. The molecule has 0 radical (unpaired) electrons. The number of aromatic nitrogens is 4. The lowest BCUT2D eigenvalue weighted by Gasteiger charge is -2.18. The number of thiophene rings is 1. The SMILES string of the molecule is CCC(C(=O)Nc1nnc(C2CCCCC2)s1)n1cnc2sc(C(=O)Nc3ccccc3C)c(C)c2c1=O. The van der Waals surface area contributed by atoms with E-state index in [1.165, 1.54) is 52.8 Å². The summed E-state index contributed by atoms with van der Waals surface area (Å²) in [5.74, 6) is -0.227. The molecule has 9 nitrogen and oxygen atoms in total. The minimum absolute atomic E-state index is 0.291. The molecule has 1 fully saturated rings. The molecule has 4 aromatic rings. The molecule has 11 heteroatoms. The highest BCUT2D eigenvalue weighted by Gasteiger charge is 2.26. The van der Waals surface area contributed by atoms with E-state index < -0.39 is 6.04 Å². The number of nitrogens with zero attached hydrogens (tertiary/aromatic N) is 4. The molecular weight excluding hydrogens is 520 g/mol. The average molecular weight is 551 g/mol. The third-order valence-corrected chi connectivity index (χ3v) is 9.33. The second-order valence-corrected chi connectivity index (χ2v) is 11.7. The van der Waals surface area contributed by atoms with E-state index in [1.807, 2.05) is 38.1 Å². The third-order valence-electron chi connectivity index (χ3n) is 7.13. The summed E-state index contributed by atoms with van der Waals surface area (Å²) in [6.07, 6.45) is 7.63. The van der Waals surface area contributed by atoms with Crippen molar-refractivity contribution >= 4 is 55.5 Å². The zero-order valence-electron chi connectivity index (χ0n) is 21.6. The molecule has 1 saturated carbocycles. The van der Waals surface area contributed by atoms with Crippen LogP contribution in [-0.2, 0) is 4.79 Å². The lowest BCUT2D eigenvalue weighted by Crippen LogP contribution is -2.33. The van der Waals surface area contributed by atoms with E-state index in [9.17, 15) is 14.4 Å². The number of fused-ring (bicyclic) bond motifs is 1. The number of hydrogen-bond acceptors (Lipinski definition) is 8. The maximum atomic E-state index is 13.6. The van der Waals surface area contributed by atoms with Crippen molar-refractivity contribution in [1.82, 2.24) is 19.7 Å². The Morgan fingerprint density at radius 3 is 2.58 bits per heavy atom. The Balaban J connectivity index is 1.38. The van der Waals surface area contributed by atoms with E-state index in [4.69, 9.17) is 0 Å². The monoisotopic (exact) mass is 550 g/mol. The minimum atomic E-state index is -0.773. The molecule has 38 heavy (non-hydrogen) atoms. The Morgan fingerprint density at radius 2 is 1.84 bits per heavy atom. The molecule has 0 bridgehead atoms. The molecule has 1 aromatic carbocycles. The Labute approximate surface area is 228 Å². The molecule has 0 aliphatic heterocycles. The number of rotatable bonds is 7. The van der Waals surface area contributed by atoms with E-state index in [2.05, 4.69) is 25.8 Å². The number of anilines is 2. The van der Waals surface area contributed by atoms with Gasteiger partial charge in [0.1, 0.15) is 15.9 Å². The number of para-hydroxylation sites is 1. The maximum absolute atomic E-state index is 13.6. The number of carbonyl (C=O) groups is 2. The quantitative estimate of drug-likeness (QED) is 0.299. The first-order chi connectivity index (χ1) is 18.4. The Bertz CT molecular complexity index is 1550. The van der Waals surface area contributed by atoms with Gasteiger partial charge in [0.05, 0.1) is 16.6 Å². The average Bonchev–Trinajstić information content (AvgIpc) is 3.52. The molecule has 3 aromatic heterocycles. The highest BCUT2D eigenvalue weighted by atomic mass is 32.1. The van der Waals surface area contributed by atoms with Gasteiger partial charge in [0, 0.05) is 11.6 Å². The highest BCUT2D eigenvalue weighted by Crippen LogP contribution is 2.35. The van der Waals surface area contributed by atoms with Gasteiger partial charge in [-0.3, -0.25) is 24.3 Å². The van der Waals surface area contributed by atoms with Crippen molar-refractivity contribution in [2.75, 3.05) is 10.6 Å². The van der Waals surface area contributed by atoms with Crippen LogP contribution in [0.1, 0.15) is 83.2 Å². The van der Waals surface area contributed by atoms with Crippen LogP contribution < -0.4 is 16.2 Å². The molecule has 1 atom stereocenters. The van der Waals surface area contributed by atoms with Crippen molar-refractivity contribution in [3.63, 3.8) is 0 Å². The van der Waals surface area contributed by atoms with Crippen molar-refractivity contribution in [3.8, 4) is 0 Å². The number of amides is 2. The topological polar surface area (TPSA) is 119 Å². The van der Waals surface area contributed by atoms with Gasteiger partial charge in [-0.1, -0.05) is 55.7 Å². The molecule has 1 aliphatic rings.